The molecular formula is C44H44F6N6O10. The summed E-state index contributed by atoms with van der Waals surface area (Å²) in [4.78, 5) is 57.3. The highest BCUT2D eigenvalue weighted by atomic mass is 19.4. The van der Waals surface area contributed by atoms with Crippen molar-refractivity contribution < 1.29 is 74.7 Å². The van der Waals surface area contributed by atoms with Crippen LogP contribution >= 0.6 is 0 Å². The Morgan fingerprint density at radius 1 is 0.712 bits per heavy atom. The van der Waals surface area contributed by atoms with Crippen LogP contribution < -0.4 is 20.4 Å². The Bertz CT molecular complexity index is 2380. The third kappa shape index (κ3) is 5.47. The first-order chi connectivity index (χ1) is 31.0. The molecule has 4 bridgehead atoms. The van der Waals surface area contributed by atoms with Crippen LogP contribution in [0.3, 0.4) is 0 Å². The molecule has 8 aliphatic rings. The molecule has 4 N–H and O–H groups in total. The zero-order valence-electron chi connectivity index (χ0n) is 35.8. The quantitative estimate of drug-likeness (QED) is 0.242. The number of aliphatic hydroxyl groups excluding tert-OH is 2. The Hall–Kier alpha value is -5.36. The van der Waals surface area contributed by atoms with Gasteiger partial charge in [0, 0.05) is 50.1 Å². The fourth-order valence-electron chi connectivity index (χ4n) is 12.9. The van der Waals surface area contributed by atoms with Gasteiger partial charge in [0.05, 0.1) is 82.9 Å². The average molecular weight is 931 g/mol. The van der Waals surface area contributed by atoms with E-state index in [9.17, 15) is 55.7 Å². The Morgan fingerprint density at radius 3 is 1.39 bits per heavy atom. The van der Waals surface area contributed by atoms with Crippen molar-refractivity contribution in [1.82, 2.24) is 10.6 Å². The van der Waals surface area contributed by atoms with Gasteiger partial charge in [-0.05, 0) is 64.1 Å². The number of halogens is 6. The number of rotatable bonds is 6. The van der Waals surface area contributed by atoms with E-state index in [0.717, 1.165) is 34.1 Å². The van der Waals surface area contributed by atoms with Crippen LogP contribution in [0.25, 0.3) is 0 Å². The maximum absolute atomic E-state index is 14.1. The molecule has 2 aromatic rings. The third-order valence-corrected chi connectivity index (χ3v) is 15.4. The number of nitrogens with zero attached hydrogens (tertiary/aromatic N) is 4. The number of carbonyl (C=O) groups excluding carboxylic acids is 4. The van der Waals surface area contributed by atoms with E-state index in [1.807, 2.05) is 0 Å². The predicted molar refractivity (Wildman–Crippen MR) is 211 cm³/mol. The molecule has 22 heteroatoms. The van der Waals surface area contributed by atoms with Gasteiger partial charge in [0.25, 0.3) is 0 Å². The summed E-state index contributed by atoms with van der Waals surface area (Å²) in [6.07, 6.45) is -12.9. The number of hydrogen-bond acceptors (Lipinski definition) is 12. The van der Waals surface area contributed by atoms with Crippen LogP contribution in [0.1, 0.15) is 75.6 Å². The van der Waals surface area contributed by atoms with Crippen molar-refractivity contribution >= 4 is 35.0 Å². The summed E-state index contributed by atoms with van der Waals surface area (Å²) in [5.41, 5.74) is -12.7. The number of ether oxygens (including phenoxy) is 4. The largest absolute Gasteiger partial charge is 0.417 e. The monoisotopic (exact) mass is 930 g/mol. The number of nitriles is 2. The maximum atomic E-state index is 14.1. The highest BCUT2D eigenvalue weighted by Crippen LogP contribution is 2.73. The number of aliphatic hydroxyl groups is 2. The molecule has 2 spiro atoms. The third-order valence-electron chi connectivity index (χ3n) is 15.4. The Balaban J connectivity index is 0.000000166. The fraction of sp³-hybridized carbons (Fsp3) is 0.591. The zero-order chi connectivity index (χ0) is 47.9. The van der Waals surface area contributed by atoms with Crippen molar-refractivity contribution in [3.05, 3.63) is 58.7 Å². The lowest BCUT2D eigenvalue weighted by atomic mass is 9.55. The fourth-order valence-corrected chi connectivity index (χ4v) is 12.9. The van der Waals surface area contributed by atoms with Gasteiger partial charge >= 0.3 is 12.4 Å². The van der Waals surface area contributed by atoms with Crippen LogP contribution in [0.4, 0.5) is 37.7 Å². The van der Waals surface area contributed by atoms with Crippen molar-refractivity contribution in [1.29, 1.82) is 10.5 Å². The molecule has 4 amide bonds. The number of carbonyl (C=O) groups is 4. The molecule has 66 heavy (non-hydrogen) atoms. The van der Waals surface area contributed by atoms with Gasteiger partial charge in [0.1, 0.15) is 23.7 Å². The first kappa shape index (κ1) is 45.8. The molecule has 8 fully saturated rings. The van der Waals surface area contributed by atoms with Gasteiger partial charge in [0.2, 0.25) is 23.6 Å². The molecule has 352 valence electrons. The molecule has 0 aliphatic carbocycles. The van der Waals surface area contributed by atoms with Gasteiger partial charge < -0.3 is 39.8 Å². The lowest BCUT2D eigenvalue weighted by Crippen LogP contribution is -2.66. The lowest BCUT2D eigenvalue weighted by molar-refractivity contribution is -0.162. The minimum Gasteiger partial charge on any atom is -0.390 e. The number of fused-ring (bicyclic) bond motifs is 4. The van der Waals surface area contributed by atoms with E-state index >= 15 is 0 Å². The summed E-state index contributed by atoms with van der Waals surface area (Å²) >= 11 is 0. The van der Waals surface area contributed by atoms with Crippen LogP contribution in [-0.2, 0) is 50.5 Å². The molecule has 8 heterocycles. The van der Waals surface area contributed by atoms with Gasteiger partial charge in [-0.15, -0.1) is 0 Å². The minimum atomic E-state index is -4.82. The molecule has 0 radical (unpaired) electrons. The SMILES string of the molecule is CCNC(=O)[C@@]12C(=O)N(c3ccc(C#N)c(C(F)(F)F)c3)[C@H]3OCC[C@]4(C[C@@H](O)[C@@]1(C)O4)[C@H]32.CCNC(=O)[C@]12C(=O)N(c3ccc(C#N)c(C(F)(F)F)c3)[C@@H]3OCC[C@@]4(C[C@H](O)[C@]1(C)O4)[C@@H]32. The van der Waals surface area contributed by atoms with E-state index in [-0.39, 0.29) is 50.5 Å². The number of anilines is 2. The molecule has 16 nitrogen and oxygen atoms in total. The topological polar surface area (TPSA) is 224 Å². The molecular weight excluding hydrogens is 887 g/mol. The van der Waals surface area contributed by atoms with Gasteiger partial charge in [-0.2, -0.15) is 36.9 Å². The van der Waals surface area contributed by atoms with E-state index in [4.69, 9.17) is 29.5 Å². The molecule has 0 saturated carbocycles. The standard InChI is InChI=1S/2C22H22F3N3O5/c2*1-3-27-17(30)21-15-16(32-7-6-20(15)9-14(29)19(21,2)33-20)28(18(21)31)12-5-4-11(10-26)13(8-12)22(23,24)25/h2*4-5,8,14-16,29H,3,6-7,9H2,1-2H3,(H,27,30)/t2*14-,15+,16+,19-,20+,21+/m10/s1. The van der Waals surface area contributed by atoms with Gasteiger partial charge in [-0.3, -0.25) is 29.0 Å². The summed E-state index contributed by atoms with van der Waals surface area (Å²) in [7, 11) is 0. The van der Waals surface area contributed by atoms with E-state index in [0.29, 0.717) is 12.8 Å². The predicted octanol–water partition coefficient (Wildman–Crippen LogP) is 3.40. The van der Waals surface area contributed by atoms with E-state index in [1.54, 1.807) is 13.8 Å². The number of alkyl halides is 6. The molecule has 8 aliphatic heterocycles. The molecule has 0 unspecified atom stereocenters. The summed E-state index contributed by atoms with van der Waals surface area (Å²) < 4.78 is 106. The Morgan fingerprint density at radius 2 is 1.08 bits per heavy atom. The van der Waals surface area contributed by atoms with Crippen LogP contribution in [0, 0.1) is 45.3 Å². The second-order valence-corrected chi connectivity index (χ2v) is 18.3. The second kappa shape index (κ2) is 14.6. The van der Waals surface area contributed by atoms with E-state index in [1.165, 1.54) is 38.1 Å². The highest BCUT2D eigenvalue weighted by molar-refractivity contribution is 6.17. The molecule has 2 aromatic carbocycles. The van der Waals surface area contributed by atoms with Crippen molar-refractivity contribution in [3.63, 3.8) is 0 Å². The number of benzene rings is 2. The first-order valence-electron chi connectivity index (χ1n) is 21.4. The molecule has 0 aromatic heterocycles. The van der Waals surface area contributed by atoms with Gasteiger partial charge in [-0.1, -0.05) is 0 Å². The number of hydrogen-bond donors (Lipinski definition) is 4. The molecule has 8 saturated heterocycles. The summed E-state index contributed by atoms with van der Waals surface area (Å²) in [6.45, 7) is 7.08. The maximum Gasteiger partial charge on any atom is 0.417 e. The summed E-state index contributed by atoms with van der Waals surface area (Å²) in [6, 6.07) is 8.98. The highest BCUT2D eigenvalue weighted by Gasteiger charge is 2.89. The average Bonchev–Trinajstić information content (AvgIpc) is 4.00. The molecule has 12 atom stereocenters. The normalized spacial score (nSPS) is 38.9. The van der Waals surface area contributed by atoms with Crippen LogP contribution in [-0.4, -0.2) is 107 Å². The van der Waals surface area contributed by atoms with Crippen molar-refractivity contribution in [2.24, 2.45) is 22.7 Å². The van der Waals surface area contributed by atoms with Crippen molar-refractivity contribution in [2.45, 2.75) is 113 Å². The van der Waals surface area contributed by atoms with Crippen molar-refractivity contribution in [3.8, 4) is 12.1 Å². The zero-order valence-corrected chi connectivity index (χ0v) is 35.8. The van der Waals surface area contributed by atoms with E-state index in [2.05, 4.69) is 10.6 Å². The minimum absolute atomic E-state index is 0.135. The smallest absolute Gasteiger partial charge is 0.390 e. The lowest BCUT2D eigenvalue weighted by Gasteiger charge is -2.45. The Kier molecular flexibility index (Phi) is 10.1. The number of amides is 4. The molecule has 10 rings (SSSR count). The number of nitrogens with one attached hydrogen (secondary N) is 2. The Labute approximate surface area is 372 Å². The summed E-state index contributed by atoms with van der Waals surface area (Å²) in [5, 5.41) is 45.4. The first-order valence-corrected chi connectivity index (χ1v) is 21.4. The van der Waals surface area contributed by atoms with Gasteiger partial charge in [0.15, 0.2) is 10.8 Å². The summed E-state index contributed by atoms with van der Waals surface area (Å²) in [5.74, 6) is -4.51. The van der Waals surface area contributed by atoms with Crippen LogP contribution in [0.2, 0.25) is 0 Å². The van der Waals surface area contributed by atoms with Crippen LogP contribution in [0.5, 0.6) is 0 Å². The van der Waals surface area contributed by atoms with Crippen molar-refractivity contribution in [2.75, 3.05) is 36.1 Å². The second-order valence-electron chi connectivity index (χ2n) is 18.3. The van der Waals surface area contributed by atoms with Crippen LogP contribution in [0.15, 0.2) is 36.4 Å². The van der Waals surface area contributed by atoms with E-state index < -0.39 is 128 Å². The van der Waals surface area contributed by atoms with Gasteiger partial charge in [-0.25, -0.2) is 0 Å².